The lowest BCUT2D eigenvalue weighted by atomic mass is 9.80. The summed E-state index contributed by atoms with van der Waals surface area (Å²) in [6, 6.07) is 11.4. The zero-order valence-electron chi connectivity index (χ0n) is 18.4. The molecule has 1 fully saturated rings. The van der Waals surface area contributed by atoms with Crippen LogP contribution in [0.2, 0.25) is 0 Å². The molecule has 1 nitrogen and oxygen atoms in total. The number of unbranched alkanes of at least 4 members (excludes halogenated alkanes) is 10. The molecule has 1 atom stereocenters. The summed E-state index contributed by atoms with van der Waals surface area (Å²) in [5.41, 5.74) is 1.85. The Morgan fingerprint density at radius 2 is 1.22 bits per heavy atom. The Labute approximate surface area is 169 Å². The van der Waals surface area contributed by atoms with Crippen LogP contribution in [0.4, 0.5) is 0 Å². The highest BCUT2D eigenvalue weighted by atomic mass is 15.2. The van der Waals surface area contributed by atoms with Crippen molar-refractivity contribution in [2.24, 2.45) is 0 Å². The molecule has 1 aromatic rings. The first-order chi connectivity index (χ1) is 13.3. The van der Waals surface area contributed by atoms with Crippen molar-refractivity contribution in [1.29, 1.82) is 0 Å². The highest BCUT2D eigenvalue weighted by molar-refractivity contribution is 5.25. The number of likely N-dealkylation sites (tertiary alicyclic amines) is 1. The van der Waals surface area contributed by atoms with Crippen LogP contribution in [0.15, 0.2) is 30.3 Å². The Bertz CT molecular complexity index is 462. The Morgan fingerprint density at radius 1 is 0.704 bits per heavy atom. The summed E-state index contributed by atoms with van der Waals surface area (Å²) >= 11 is 0. The van der Waals surface area contributed by atoms with E-state index < -0.39 is 0 Å². The molecule has 0 amide bonds. The third-order valence-corrected chi connectivity index (χ3v) is 6.80. The van der Waals surface area contributed by atoms with E-state index in [1.54, 1.807) is 5.56 Å². The van der Waals surface area contributed by atoms with Gasteiger partial charge >= 0.3 is 0 Å². The molecule has 0 radical (unpaired) electrons. The van der Waals surface area contributed by atoms with Crippen LogP contribution in [0.5, 0.6) is 0 Å². The SMILES string of the molecule is CCCCCCCCCCCCCC(CC)(c1ccccc1)N1CCCC1. The second kappa shape index (κ2) is 13.4. The predicted molar refractivity (Wildman–Crippen MR) is 120 cm³/mol. The molecule has 1 unspecified atom stereocenters. The summed E-state index contributed by atoms with van der Waals surface area (Å²) in [6.45, 7) is 7.29. The molecule has 2 rings (SSSR count). The van der Waals surface area contributed by atoms with Crippen molar-refractivity contribution in [3.8, 4) is 0 Å². The predicted octanol–water partition coefficient (Wildman–Crippen LogP) is 8.09. The van der Waals surface area contributed by atoms with Crippen LogP contribution < -0.4 is 0 Å². The quantitative estimate of drug-likeness (QED) is 0.282. The Kier molecular flexibility index (Phi) is 11.1. The standard InChI is InChI=1S/C26H45N/c1-3-5-6-7-8-9-10-11-12-13-17-22-26(4-2,27-23-18-19-24-27)25-20-15-14-16-21-25/h14-16,20-21H,3-13,17-19,22-24H2,1-2H3. The van der Waals surface area contributed by atoms with E-state index in [-0.39, 0.29) is 5.54 Å². The highest BCUT2D eigenvalue weighted by Crippen LogP contribution is 2.39. The van der Waals surface area contributed by atoms with Gasteiger partial charge < -0.3 is 0 Å². The van der Waals surface area contributed by atoms with Crippen LogP contribution in [-0.2, 0) is 5.54 Å². The van der Waals surface area contributed by atoms with Crippen molar-refractivity contribution in [1.82, 2.24) is 4.90 Å². The maximum Gasteiger partial charge on any atom is 0.0458 e. The van der Waals surface area contributed by atoms with E-state index in [4.69, 9.17) is 0 Å². The molecule has 1 aliphatic rings. The topological polar surface area (TPSA) is 3.24 Å². The van der Waals surface area contributed by atoms with Gasteiger partial charge in [0.25, 0.3) is 0 Å². The van der Waals surface area contributed by atoms with Crippen LogP contribution in [0, 0.1) is 0 Å². The second-order valence-electron chi connectivity index (χ2n) is 8.73. The maximum atomic E-state index is 2.80. The Morgan fingerprint density at radius 3 is 1.74 bits per heavy atom. The van der Waals surface area contributed by atoms with Crippen molar-refractivity contribution in [2.75, 3.05) is 13.1 Å². The van der Waals surface area contributed by atoms with Crippen LogP contribution in [0.1, 0.15) is 116 Å². The van der Waals surface area contributed by atoms with Gasteiger partial charge in [-0.05, 0) is 44.3 Å². The lowest BCUT2D eigenvalue weighted by Crippen LogP contribution is -2.44. The largest absolute Gasteiger partial charge is 0.294 e. The smallest absolute Gasteiger partial charge is 0.0458 e. The molecule has 27 heavy (non-hydrogen) atoms. The number of hydrogen-bond acceptors (Lipinski definition) is 1. The highest BCUT2D eigenvalue weighted by Gasteiger charge is 2.37. The molecule has 1 aliphatic heterocycles. The second-order valence-corrected chi connectivity index (χ2v) is 8.73. The summed E-state index contributed by atoms with van der Waals surface area (Å²) in [4.78, 5) is 2.80. The van der Waals surface area contributed by atoms with Crippen LogP contribution in [0.3, 0.4) is 0 Å². The minimum atomic E-state index is 0.289. The number of benzene rings is 1. The molecule has 0 spiro atoms. The molecule has 1 aromatic carbocycles. The molecule has 1 heterocycles. The normalized spacial score (nSPS) is 17.3. The monoisotopic (exact) mass is 371 g/mol. The van der Waals surface area contributed by atoms with Gasteiger partial charge in [-0.1, -0.05) is 115 Å². The van der Waals surface area contributed by atoms with Crippen LogP contribution in [-0.4, -0.2) is 18.0 Å². The first kappa shape index (κ1) is 22.5. The van der Waals surface area contributed by atoms with Gasteiger partial charge in [-0.3, -0.25) is 4.90 Å². The lowest BCUT2D eigenvalue weighted by molar-refractivity contribution is 0.0951. The third-order valence-electron chi connectivity index (χ3n) is 6.80. The number of hydrogen-bond donors (Lipinski definition) is 0. The molecular weight excluding hydrogens is 326 g/mol. The molecule has 1 saturated heterocycles. The summed E-state index contributed by atoms with van der Waals surface area (Å²) in [5, 5.41) is 0. The molecule has 154 valence electrons. The van der Waals surface area contributed by atoms with Gasteiger partial charge in [-0.15, -0.1) is 0 Å². The fourth-order valence-corrected chi connectivity index (χ4v) is 5.06. The first-order valence-electron chi connectivity index (χ1n) is 12.1. The average molecular weight is 372 g/mol. The average Bonchev–Trinajstić information content (AvgIpc) is 3.25. The van der Waals surface area contributed by atoms with Crippen LogP contribution >= 0.6 is 0 Å². The van der Waals surface area contributed by atoms with Gasteiger partial charge in [0.1, 0.15) is 0 Å². The molecular formula is C26H45N. The minimum Gasteiger partial charge on any atom is -0.294 e. The van der Waals surface area contributed by atoms with E-state index in [1.165, 1.54) is 109 Å². The van der Waals surface area contributed by atoms with Crippen molar-refractivity contribution < 1.29 is 0 Å². The zero-order chi connectivity index (χ0) is 19.2. The van der Waals surface area contributed by atoms with E-state index in [0.717, 1.165) is 0 Å². The minimum absolute atomic E-state index is 0.289. The van der Waals surface area contributed by atoms with Crippen molar-refractivity contribution in [3.63, 3.8) is 0 Å². The summed E-state index contributed by atoms with van der Waals surface area (Å²) in [6.07, 6.45) is 21.1. The third kappa shape index (κ3) is 7.26. The first-order valence-corrected chi connectivity index (χ1v) is 12.1. The van der Waals surface area contributed by atoms with Crippen LogP contribution in [0.25, 0.3) is 0 Å². The van der Waals surface area contributed by atoms with E-state index in [9.17, 15) is 0 Å². The summed E-state index contributed by atoms with van der Waals surface area (Å²) in [5.74, 6) is 0. The van der Waals surface area contributed by atoms with Gasteiger partial charge in [0, 0.05) is 5.54 Å². The van der Waals surface area contributed by atoms with Gasteiger partial charge in [-0.2, -0.15) is 0 Å². The molecule has 0 saturated carbocycles. The molecule has 0 aromatic heterocycles. The van der Waals surface area contributed by atoms with E-state index >= 15 is 0 Å². The van der Waals surface area contributed by atoms with E-state index in [0.29, 0.717) is 0 Å². The van der Waals surface area contributed by atoms with Crippen molar-refractivity contribution in [2.45, 2.75) is 116 Å². The van der Waals surface area contributed by atoms with Gasteiger partial charge in [-0.25, -0.2) is 0 Å². The Hall–Kier alpha value is -0.820. The van der Waals surface area contributed by atoms with E-state index in [2.05, 4.69) is 49.1 Å². The number of rotatable bonds is 15. The number of nitrogens with zero attached hydrogens (tertiary/aromatic N) is 1. The summed E-state index contributed by atoms with van der Waals surface area (Å²) < 4.78 is 0. The Balaban J connectivity index is 1.70. The van der Waals surface area contributed by atoms with Gasteiger partial charge in [0.15, 0.2) is 0 Å². The van der Waals surface area contributed by atoms with E-state index in [1.807, 2.05) is 0 Å². The van der Waals surface area contributed by atoms with Gasteiger partial charge in [0.2, 0.25) is 0 Å². The summed E-state index contributed by atoms with van der Waals surface area (Å²) in [7, 11) is 0. The molecule has 0 bridgehead atoms. The van der Waals surface area contributed by atoms with Gasteiger partial charge in [0.05, 0.1) is 0 Å². The molecule has 1 heteroatoms. The zero-order valence-corrected chi connectivity index (χ0v) is 18.4. The van der Waals surface area contributed by atoms with Crippen molar-refractivity contribution in [3.05, 3.63) is 35.9 Å². The molecule has 0 N–H and O–H groups in total. The maximum absolute atomic E-state index is 2.80. The lowest BCUT2D eigenvalue weighted by Gasteiger charge is -2.42. The molecule has 0 aliphatic carbocycles. The fourth-order valence-electron chi connectivity index (χ4n) is 5.06. The van der Waals surface area contributed by atoms with Crippen molar-refractivity contribution >= 4 is 0 Å². The fraction of sp³-hybridized carbons (Fsp3) is 0.769.